The zero-order chi connectivity index (χ0) is 15.3. The third-order valence-corrected chi connectivity index (χ3v) is 2.41. The Morgan fingerprint density at radius 2 is 2.00 bits per heavy atom. The summed E-state index contributed by atoms with van der Waals surface area (Å²) in [6.45, 7) is 8.52. The van der Waals surface area contributed by atoms with Gasteiger partial charge in [-0.3, -0.25) is 4.79 Å². The molecule has 1 aromatic rings. The van der Waals surface area contributed by atoms with Gasteiger partial charge >= 0.3 is 0 Å². The van der Waals surface area contributed by atoms with Crippen molar-refractivity contribution in [3.63, 3.8) is 0 Å². The maximum atomic E-state index is 11.2. The lowest BCUT2D eigenvalue weighted by Gasteiger charge is -2.25. The van der Waals surface area contributed by atoms with Gasteiger partial charge in [-0.2, -0.15) is 4.98 Å². The van der Waals surface area contributed by atoms with Crippen LogP contribution in [-0.2, 0) is 4.79 Å². The standard InChI is InChI=1S/C13H23N5O2/c1-8(2)5-18(6-10(14)19)12-11(15)13(17-7-16-12)20-9(3)4/h7-9H,5-6,15H2,1-4H3,(H2,14,19). The molecule has 20 heavy (non-hydrogen) atoms. The molecule has 1 aromatic heterocycles. The van der Waals surface area contributed by atoms with E-state index < -0.39 is 5.91 Å². The van der Waals surface area contributed by atoms with Crippen molar-refractivity contribution in [1.29, 1.82) is 0 Å². The molecular formula is C13H23N5O2. The van der Waals surface area contributed by atoms with E-state index in [-0.39, 0.29) is 12.6 Å². The second kappa shape index (κ2) is 6.93. The highest BCUT2D eigenvalue weighted by Gasteiger charge is 2.19. The van der Waals surface area contributed by atoms with Crippen LogP contribution in [0, 0.1) is 5.92 Å². The summed E-state index contributed by atoms with van der Waals surface area (Å²) in [5.41, 5.74) is 11.6. The summed E-state index contributed by atoms with van der Waals surface area (Å²) in [4.78, 5) is 21.1. The van der Waals surface area contributed by atoms with Crippen molar-refractivity contribution in [2.75, 3.05) is 23.7 Å². The van der Waals surface area contributed by atoms with Crippen molar-refractivity contribution in [3.8, 4) is 5.88 Å². The minimum atomic E-state index is -0.435. The van der Waals surface area contributed by atoms with E-state index in [4.69, 9.17) is 16.2 Å². The third kappa shape index (κ3) is 4.56. The van der Waals surface area contributed by atoms with Crippen molar-refractivity contribution < 1.29 is 9.53 Å². The molecule has 4 N–H and O–H groups in total. The summed E-state index contributed by atoms with van der Waals surface area (Å²) in [6, 6.07) is 0. The highest BCUT2D eigenvalue weighted by Crippen LogP contribution is 2.28. The second-order valence-corrected chi connectivity index (χ2v) is 5.32. The van der Waals surface area contributed by atoms with Crippen LogP contribution in [0.1, 0.15) is 27.7 Å². The highest BCUT2D eigenvalue weighted by molar-refractivity contribution is 5.81. The monoisotopic (exact) mass is 281 g/mol. The lowest BCUT2D eigenvalue weighted by molar-refractivity contribution is -0.116. The van der Waals surface area contributed by atoms with Crippen LogP contribution in [0.3, 0.4) is 0 Å². The van der Waals surface area contributed by atoms with E-state index in [1.54, 1.807) is 4.90 Å². The molecule has 1 heterocycles. The van der Waals surface area contributed by atoms with Crippen molar-refractivity contribution in [2.24, 2.45) is 11.7 Å². The first-order valence-corrected chi connectivity index (χ1v) is 6.61. The molecule has 0 saturated heterocycles. The maximum absolute atomic E-state index is 11.2. The smallest absolute Gasteiger partial charge is 0.242 e. The summed E-state index contributed by atoms with van der Waals surface area (Å²) in [7, 11) is 0. The minimum Gasteiger partial charge on any atom is -0.473 e. The molecule has 0 aliphatic rings. The first-order valence-electron chi connectivity index (χ1n) is 6.61. The van der Waals surface area contributed by atoms with Gasteiger partial charge in [0.05, 0.1) is 12.6 Å². The van der Waals surface area contributed by atoms with Crippen LogP contribution in [0.4, 0.5) is 11.5 Å². The lowest BCUT2D eigenvalue weighted by atomic mass is 10.2. The molecule has 1 amide bonds. The fraction of sp³-hybridized carbons (Fsp3) is 0.615. The van der Waals surface area contributed by atoms with Gasteiger partial charge in [0.1, 0.15) is 12.0 Å². The molecular weight excluding hydrogens is 258 g/mol. The first-order chi connectivity index (χ1) is 9.31. The minimum absolute atomic E-state index is 0.0465. The van der Waals surface area contributed by atoms with Gasteiger partial charge in [0.2, 0.25) is 11.8 Å². The molecule has 112 valence electrons. The Kier molecular flexibility index (Phi) is 5.54. The number of carbonyl (C=O) groups excluding carboxylic acids is 1. The molecule has 7 nitrogen and oxygen atoms in total. The first kappa shape index (κ1) is 16.0. The lowest BCUT2D eigenvalue weighted by Crippen LogP contribution is -2.37. The van der Waals surface area contributed by atoms with Gasteiger partial charge in [0.15, 0.2) is 5.82 Å². The van der Waals surface area contributed by atoms with Gasteiger partial charge in [-0.25, -0.2) is 4.98 Å². The maximum Gasteiger partial charge on any atom is 0.242 e. The quantitative estimate of drug-likeness (QED) is 0.765. The van der Waals surface area contributed by atoms with E-state index in [1.807, 2.05) is 27.7 Å². The second-order valence-electron chi connectivity index (χ2n) is 5.32. The van der Waals surface area contributed by atoms with Crippen molar-refractivity contribution in [3.05, 3.63) is 6.33 Å². The molecule has 0 aromatic carbocycles. The number of rotatable bonds is 7. The number of aromatic nitrogens is 2. The van der Waals surface area contributed by atoms with E-state index in [1.165, 1.54) is 6.33 Å². The van der Waals surface area contributed by atoms with E-state index in [9.17, 15) is 4.79 Å². The fourth-order valence-electron chi connectivity index (χ4n) is 1.79. The SMILES string of the molecule is CC(C)CN(CC(N)=O)c1ncnc(OC(C)C)c1N. The molecule has 0 radical (unpaired) electrons. The Labute approximate surface area is 119 Å². The summed E-state index contributed by atoms with van der Waals surface area (Å²) >= 11 is 0. The molecule has 0 spiro atoms. The molecule has 0 fully saturated rings. The third-order valence-electron chi connectivity index (χ3n) is 2.41. The number of hydrogen-bond acceptors (Lipinski definition) is 6. The van der Waals surface area contributed by atoms with Gasteiger partial charge in [-0.1, -0.05) is 13.8 Å². The molecule has 0 saturated carbocycles. The summed E-state index contributed by atoms with van der Waals surface area (Å²) < 4.78 is 5.53. The molecule has 1 rings (SSSR count). The average Bonchev–Trinajstić information content (AvgIpc) is 2.29. The Morgan fingerprint density at radius 1 is 1.35 bits per heavy atom. The molecule has 0 aliphatic carbocycles. The highest BCUT2D eigenvalue weighted by atomic mass is 16.5. The Morgan fingerprint density at radius 3 is 2.50 bits per heavy atom. The Hall–Kier alpha value is -2.05. The fourth-order valence-corrected chi connectivity index (χ4v) is 1.79. The number of anilines is 2. The van der Waals surface area contributed by atoms with Crippen LogP contribution in [0.25, 0.3) is 0 Å². The zero-order valence-electron chi connectivity index (χ0n) is 12.5. The zero-order valence-corrected chi connectivity index (χ0v) is 12.5. The molecule has 0 unspecified atom stereocenters. The van der Waals surface area contributed by atoms with Gasteiger partial charge in [-0.05, 0) is 19.8 Å². The summed E-state index contributed by atoms with van der Waals surface area (Å²) in [5, 5.41) is 0. The number of nitrogen functional groups attached to an aromatic ring is 1. The molecule has 0 aliphatic heterocycles. The van der Waals surface area contributed by atoms with Gasteiger partial charge in [-0.15, -0.1) is 0 Å². The number of ether oxygens (including phenoxy) is 1. The predicted octanol–water partition coefficient (Wildman–Crippen LogP) is 0.794. The van der Waals surface area contributed by atoms with Gasteiger partial charge < -0.3 is 21.1 Å². The Bertz CT molecular complexity index is 462. The van der Waals surface area contributed by atoms with Crippen LogP contribution in [0.2, 0.25) is 0 Å². The van der Waals surface area contributed by atoms with Gasteiger partial charge in [0, 0.05) is 6.54 Å². The normalized spacial score (nSPS) is 10.9. The summed E-state index contributed by atoms with van der Waals surface area (Å²) in [6.07, 6.45) is 1.33. The van der Waals surface area contributed by atoms with E-state index in [0.717, 1.165) is 0 Å². The van der Waals surface area contributed by atoms with Crippen LogP contribution in [-0.4, -0.2) is 35.1 Å². The van der Waals surface area contributed by atoms with E-state index in [2.05, 4.69) is 9.97 Å². The number of nitrogens with two attached hydrogens (primary N) is 2. The molecule has 0 bridgehead atoms. The number of amides is 1. The average molecular weight is 281 g/mol. The van der Waals surface area contributed by atoms with Crippen LogP contribution < -0.4 is 21.1 Å². The Balaban J connectivity index is 3.09. The van der Waals surface area contributed by atoms with Crippen LogP contribution in [0.5, 0.6) is 5.88 Å². The van der Waals surface area contributed by atoms with E-state index in [0.29, 0.717) is 29.8 Å². The van der Waals surface area contributed by atoms with Crippen LogP contribution >= 0.6 is 0 Å². The molecule has 7 heteroatoms. The molecule has 0 atom stereocenters. The van der Waals surface area contributed by atoms with Crippen molar-refractivity contribution >= 4 is 17.4 Å². The van der Waals surface area contributed by atoms with Crippen molar-refractivity contribution in [1.82, 2.24) is 9.97 Å². The van der Waals surface area contributed by atoms with Crippen molar-refractivity contribution in [2.45, 2.75) is 33.8 Å². The predicted molar refractivity (Wildman–Crippen MR) is 78.5 cm³/mol. The number of nitrogens with zero attached hydrogens (tertiary/aromatic N) is 3. The summed E-state index contributed by atoms with van der Waals surface area (Å²) in [5.74, 6) is 0.694. The topological polar surface area (TPSA) is 107 Å². The number of hydrogen-bond donors (Lipinski definition) is 2. The number of primary amides is 1. The number of carbonyl (C=O) groups is 1. The van der Waals surface area contributed by atoms with E-state index >= 15 is 0 Å². The van der Waals surface area contributed by atoms with Gasteiger partial charge in [0.25, 0.3) is 0 Å². The largest absolute Gasteiger partial charge is 0.473 e. The van der Waals surface area contributed by atoms with Crippen LogP contribution in [0.15, 0.2) is 6.33 Å².